The van der Waals surface area contributed by atoms with Crippen molar-refractivity contribution in [2.45, 2.75) is 18.9 Å². The minimum absolute atomic E-state index is 0.0626. The largest absolute Gasteiger partial charge is 0.497 e. The van der Waals surface area contributed by atoms with Crippen molar-refractivity contribution in [2.75, 3.05) is 13.7 Å². The van der Waals surface area contributed by atoms with E-state index in [1.807, 2.05) is 35.2 Å². The molecule has 1 aliphatic rings. The number of hydrogen-bond donors (Lipinski definition) is 1. The molecule has 1 N–H and O–H groups in total. The number of rotatable bonds is 4. The molecule has 1 aromatic carbocycles. The number of carbonyl (C=O) groups excluding carboxylic acids is 1. The molecule has 3 heterocycles. The number of hydrogen-bond acceptors (Lipinski definition) is 4. The number of methoxy groups -OCH3 is 1. The highest BCUT2D eigenvalue weighted by atomic mass is 16.5. The van der Waals surface area contributed by atoms with Crippen LogP contribution in [0.1, 0.15) is 34.9 Å². The van der Waals surface area contributed by atoms with Crippen LogP contribution in [0, 0.1) is 0 Å². The summed E-state index contributed by atoms with van der Waals surface area (Å²) < 4.78 is 10.6. The number of amides is 1. The second-order valence-electron chi connectivity index (χ2n) is 6.07. The van der Waals surface area contributed by atoms with Crippen LogP contribution in [0.2, 0.25) is 0 Å². The highest BCUT2D eigenvalue weighted by Gasteiger charge is 2.31. The second-order valence-corrected chi connectivity index (χ2v) is 6.07. The molecule has 6 heteroatoms. The van der Waals surface area contributed by atoms with Gasteiger partial charge in [0, 0.05) is 12.6 Å². The molecule has 0 saturated carbocycles. The molecule has 25 heavy (non-hydrogen) atoms. The Kier molecular flexibility index (Phi) is 4.01. The van der Waals surface area contributed by atoms with Gasteiger partial charge in [0.2, 0.25) is 0 Å². The van der Waals surface area contributed by atoms with Crippen LogP contribution in [0.15, 0.2) is 53.1 Å². The molecule has 4 rings (SSSR count). The molecule has 0 bridgehead atoms. The Hall–Kier alpha value is -3.02. The van der Waals surface area contributed by atoms with Crippen molar-refractivity contribution in [1.29, 1.82) is 0 Å². The highest BCUT2D eigenvalue weighted by Crippen LogP contribution is 2.34. The first-order chi connectivity index (χ1) is 12.3. The maximum Gasteiger partial charge on any atom is 0.274 e. The lowest BCUT2D eigenvalue weighted by Gasteiger charge is -2.24. The fourth-order valence-electron chi connectivity index (χ4n) is 3.32. The van der Waals surface area contributed by atoms with Crippen LogP contribution in [0.3, 0.4) is 0 Å². The zero-order valence-corrected chi connectivity index (χ0v) is 13.9. The third-order valence-electron chi connectivity index (χ3n) is 4.60. The summed E-state index contributed by atoms with van der Waals surface area (Å²) in [4.78, 5) is 14.8. The molecule has 1 unspecified atom stereocenters. The lowest BCUT2D eigenvalue weighted by Crippen LogP contribution is -2.30. The molecule has 1 amide bonds. The van der Waals surface area contributed by atoms with Gasteiger partial charge in [0.05, 0.1) is 19.4 Å². The van der Waals surface area contributed by atoms with Gasteiger partial charge in [0.1, 0.15) is 11.4 Å². The van der Waals surface area contributed by atoms with Crippen molar-refractivity contribution < 1.29 is 13.9 Å². The Morgan fingerprint density at radius 1 is 1.32 bits per heavy atom. The SMILES string of the molecule is COc1ccc(C2CCCN2C(=O)c2cc(-c3ccco3)[nH]n2)cc1. The molecule has 0 radical (unpaired) electrons. The van der Waals surface area contributed by atoms with E-state index in [4.69, 9.17) is 9.15 Å². The number of nitrogens with zero attached hydrogens (tertiary/aromatic N) is 2. The van der Waals surface area contributed by atoms with Gasteiger partial charge in [-0.1, -0.05) is 12.1 Å². The topological polar surface area (TPSA) is 71.4 Å². The van der Waals surface area contributed by atoms with Crippen LogP contribution < -0.4 is 4.74 Å². The summed E-state index contributed by atoms with van der Waals surface area (Å²) in [6.45, 7) is 0.735. The van der Waals surface area contributed by atoms with Crippen molar-refractivity contribution in [1.82, 2.24) is 15.1 Å². The predicted octanol–water partition coefficient (Wildman–Crippen LogP) is 3.66. The number of likely N-dealkylation sites (tertiary alicyclic amines) is 1. The summed E-state index contributed by atoms with van der Waals surface area (Å²) in [7, 11) is 1.65. The van der Waals surface area contributed by atoms with Crippen molar-refractivity contribution in [3.05, 3.63) is 60.0 Å². The standard InChI is InChI=1S/C19H19N3O3/c1-24-14-8-6-13(7-9-14)17-4-2-10-22(17)19(23)16-12-15(20-21-16)18-5-3-11-25-18/h3,5-9,11-12,17H,2,4,10H2,1H3,(H,20,21). The predicted molar refractivity (Wildman–Crippen MR) is 92.3 cm³/mol. The van der Waals surface area contributed by atoms with Gasteiger partial charge in [-0.05, 0) is 42.7 Å². The van der Waals surface area contributed by atoms with E-state index in [1.54, 1.807) is 25.5 Å². The molecule has 1 atom stereocenters. The summed E-state index contributed by atoms with van der Waals surface area (Å²) in [6.07, 6.45) is 3.53. The monoisotopic (exact) mass is 337 g/mol. The lowest BCUT2D eigenvalue weighted by molar-refractivity contribution is 0.0729. The number of aromatic nitrogens is 2. The molecule has 3 aromatic rings. The normalized spacial score (nSPS) is 17.0. The first-order valence-electron chi connectivity index (χ1n) is 8.30. The Labute approximate surface area is 145 Å². The fraction of sp³-hybridized carbons (Fsp3) is 0.263. The van der Waals surface area contributed by atoms with Gasteiger partial charge in [0.15, 0.2) is 11.5 Å². The van der Waals surface area contributed by atoms with Crippen LogP contribution in [-0.2, 0) is 0 Å². The van der Waals surface area contributed by atoms with Gasteiger partial charge in [0.25, 0.3) is 5.91 Å². The summed E-state index contributed by atoms with van der Waals surface area (Å²) in [5.74, 6) is 1.42. The van der Waals surface area contributed by atoms with E-state index in [0.717, 1.165) is 30.7 Å². The van der Waals surface area contributed by atoms with Crippen molar-refractivity contribution in [3.63, 3.8) is 0 Å². The number of aromatic amines is 1. The third-order valence-corrected chi connectivity index (χ3v) is 4.60. The van der Waals surface area contributed by atoms with Gasteiger partial charge in [-0.2, -0.15) is 5.10 Å². The number of ether oxygens (including phenoxy) is 1. The van der Waals surface area contributed by atoms with Crippen molar-refractivity contribution >= 4 is 5.91 Å². The minimum atomic E-state index is -0.0626. The van der Waals surface area contributed by atoms with E-state index in [1.165, 1.54) is 0 Å². The lowest BCUT2D eigenvalue weighted by atomic mass is 10.0. The molecule has 0 spiro atoms. The van der Waals surface area contributed by atoms with Gasteiger partial charge >= 0.3 is 0 Å². The van der Waals surface area contributed by atoms with Crippen molar-refractivity contribution in [2.24, 2.45) is 0 Å². The highest BCUT2D eigenvalue weighted by molar-refractivity contribution is 5.93. The number of furan rings is 1. The van der Waals surface area contributed by atoms with Crippen LogP contribution >= 0.6 is 0 Å². The minimum Gasteiger partial charge on any atom is -0.497 e. The van der Waals surface area contributed by atoms with Gasteiger partial charge in [-0.25, -0.2) is 0 Å². The Bertz CT molecular complexity index is 852. The summed E-state index contributed by atoms with van der Waals surface area (Å²) in [6, 6.07) is 13.4. The molecular weight excluding hydrogens is 318 g/mol. The Morgan fingerprint density at radius 3 is 2.88 bits per heavy atom. The molecule has 128 valence electrons. The number of nitrogens with one attached hydrogen (secondary N) is 1. The molecule has 1 fully saturated rings. The molecule has 1 saturated heterocycles. The van der Waals surface area contributed by atoms with E-state index in [0.29, 0.717) is 17.1 Å². The summed E-state index contributed by atoms with van der Waals surface area (Å²) >= 11 is 0. The van der Waals surface area contributed by atoms with E-state index in [9.17, 15) is 4.79 Å². The summed E-state index contributed by atoms with van der Waals surface area (Å²) in [5, 5.41) is 7.05. The van der Waals surface area contributed by atoms with Gasteiger partial charge in [-0.3, -0.25) is 9.89 Å². The first kappa shape index (κ1) is 15.5. The Balaban J connectivity index is 1.56. The first-order valence-corrected chi connectivity index (χ1v) is 8.30. The van der Waals surface area contributed by atoms with E-state index in [2.05, 4.69) is 10.2 Å². The molecule has 6 nitrogen and oxygen atoms in total. The number of benzene rings is 1. The maximum absolute atomic E-state index is 12.9. The van der Waals surface area contributed by atoms with Gasteiger partial charge in [-0.15, -0.1) is 0 Å². The van der Waals surface area contributed by atoms with Crippen LogP contribution in [-0.4, -0.2) is 34.7 Å². The molecule has 0 aliphatic carbocycles. The smallest absolute Gasteiger partial charge is 0.274 e. The molecule has 2 aromatic heterocycles. The fourth-order valence-corrected chi connectivity index (χ4v) is 3.32. The number of carbonyl (C=O) groups is 1. The van der Waals surface area contributed by atoms with Crippen LogP contribution in [0.5, 0.6) is 5.75 Å². The second kappa shape index (κ2) is 6.47. The van der Waals surface area contributed by atoms with Crippen molar-refractivity contribution in [3.8, 4) is 17.2 Å². The maximum atomic E-state index is 12.9. The average Bonchev–Trinajstić information content (AvgIpc) is 3.42. The summed E-state index contributed by atoms with van der Waals surface area (Å²) in [5.41, 5.74) is 2.23. The average molecular weight is 337 g/mol. The number of H-pyrrole nitrogens is 1. The zero-order valence-electron chi connectivity index (χ0n) is 13.9. The van der Waals surface area contributed by atoms with Crippen LogP contribution in [0.25, 0.3) is 11.5 Å². The van der Waals surface area contributed by atoms with E-state index in [-0.39, 0.29) is 11.9 Å². The van der Waals surface area contributed by atoms with E-state index < -0.39 is 0 Å². The molecule has 1 aliphatic heterocycles. The van der Waals surface area contributed by atoms with Gasteiger partial charge < -0.3 is 14.1 Å². The zero-order chi connectivity index (χ0) is 17.2. The van der Waals surface area contributed by atoms with E-state index >= 15 is 0 Å². The molecular formula is C19H19N3O3. The third kappa shape index (κ3) is 2.91. The van der Waals surface area contributed by atoms with Crippen LogP contribution in [0.4, 0.5) is 0 Å². The quantitative estimate of drug-likeness (QED) is 0.789. The Morgan fingerprint density at radius 2 is 2.16 bits per heavy atom.